The zero-order chi connectivity index (χ0) is 22.4. The third-order valence-electron chi connectivity index (χ3n) is 9.59. The number of carbonyl (C=O) groups excluding carboxylic acids is 4. The van der Waals surface area contributed by atoms with Crippen molar-refractivity contribution in [3.8, 4) is 0 Å². The highest BCUT2D eigenvalue weighted by Crippen LogP contribution is 2.72. The standard InChI is InChI=1S/C25H34O6/c1-10(26)9-25(4,5)31-23(28)16-7-13-6-15(16)21-17-8-14(20(13)21)11(2)18(17)19-12(3)22(27)30-24(19)29/h11-21H,6-9H2,1-5H3. The van der Waals surface area contributed by atoms with E-state index in [1.165, 1.54) is 6.92 Å². The fourth-order valence-electron chi connectivity index (χ4n) is 8.92. The number of hydrogen-bond donors (Lipinski definition) is 0. The van der Waals surface area contributed by atoms with Gasteiger partial charge in [0.15, 0.2) is 0 Å². The Morgan fingerprint density at radius 2 is 1.68 bits per heavy atom. The van der Waals surface area contributed by atoms with Crippen LogP contribution in [0.5, 0.6) is 0 Å². The van der Waals surface area contributed by atoms with Crippen LogP contribution in [-0.2, 0) is 28.7 Å². The van der Waals surface area contributed by atoms with Crippen LogP contribution in [0.1, 0.15) is 60.3 Å². The number of hydrogen-bond acceptors (Lipinski definition) is 6. The van der Waals surface area contributed by atoms with Gasteiger partial charge < -0.3 is 9.47 Å². The van der Waals surface area contributed by atoms with Crippen molar-refractivity contribution in [3.63, 3.8) is 0 Å². The lowest BCUT2D eigenvalue weighted by atomic mass is 9.58. The van der Waals surface area contributed by atoms with E-state index in [0.29, 0.717) is 41.4 Å². The van der Waals surface area contributed by atoms with Gasteiger partial charge in [0.05, 0.1) is 17.8 Å². The summed E-state index contributed by atoms with van der Waals surface area (Å²) < 4.78 is 10.8. The maximum absolute atomic E-state index is 13.1. The van der Waals surface area contributed by atoms with Gasteiger partial charge in [-0.15, -0.1) is 0 Å². The molecule has 1 aliphatic heterocycles. The number of carbonyl (C=O) groups is 4. The van der Waals surface area contributed by atoms with Gasteiger partial charge in [0.2, 0.25) is 0 Å². The van der Waals surface area contributed by atoms with Gasteiger partial charge in [0, 0.05) is 6.42 Å². The van der Waals surface area contributed by atoms with E-state index in [9.17, 15) is 19.2 Å². The first-order chi connectivity index (χ1) is 14.5. The normalized spacial score (nSPS) is 47.6. The highest BCUT2D eigenvalue weighted by atomic mass is 16.6. The van der Waals surface area contributed by atoms with Gasteiger partial charge in [-0.2, -0.15) is 0 Å². The molecule has 1 heterocycles. The van der Waals surface area contributed by atoms with Gasteiger partial charge in [-0.05, 0) is 87.4 Å². The molecule has 0 amide bonds. The molecule has 6 heteroatoms. The van der Waals surface area contributed by atoms with Gasteiger partial charge >= 0.3 is 17.9 Å². The molecule has 11 atom stereocenters. The van der Waals surface area contributed by atoms with Gasteiger partial charge in [0.1, 0.15) is 11.4 Å². The SMILES string of the molecule is CC(=O)CC(C)(C)OC(=O)C1CC2CC1C1C3CC(C(C)C3C3C(=O)OC(=O)C3C)C21. The minimum absolute atomic E-state index is 0.0165. The van der Waals surface area contributed by atoms with Crippen molar-refractivity contribution >= 4 is 23.7 Å². The molecule has 0 aromatic carbocycles. The quantitative estimate of drug-likeness (QED) is 0.377. The van der Waals surface area contributed by atoms with Crippen LogP contribution in [0.4, 0.5) is 0 Å². The summed E-state index contributed by atoms with van der Waals surface area (Å²) in [5, 5.41) is 0. The molecule has 11 unspecified atom stereocenters. The number of ether oxygens (including phenoxy) is 2. The molecule has 5 rings (SSSR count). The molecule has 4 bridgehead atoms. The molecule has 0 spiro atoms. The Bertz CT molecular complexity index is 845. The molecule has 170 valence electrons. The Balaban J connectivity index is 1.35. The zero-order valence-corrected chi connectivity index (χ0v) is 19.1. The molecule has 4 aliphatic carbocycles. The van der Waals surface area contributed by atoms with E-state index in [-0.39, 0.29) is 53.8 Å². The van der Waals surface area contributed by atoms with Crippen LogP contribution >= 0.6 is 0 Å². The van der Waals surface area contributed by atoms with Crippen molar-refractivity contribution in [2.24, 2.45) is 65.1 Å². The van der Waals surface area contributed by atoms with Gasteiger partial charge in [0.25, 0.3) is 0 Å². The summed E-state index contributed by atoms with van der Waals surface area (Å²) in [7, 11) is 0. The fraction of sp³-hybridized carbons (Fsp3) is 0.840. The Hall–Kier alpha value is -1.72. The van der Waals surface area contributed by atoms with Crippen LogP contribution in [-0.4, -0.2) is 29.3 Å². The summed E-state index contributed by atoms with van der Waals surface area (Å²) in [5.41, 5.74) is -0.778. The second-order valence-corrected chi connectivity index (χ2v) is 11.8. The lowest BCUT2D eigenvalue weighted by Gasteiger charge is -2.45. The van der Waals surface area contributed by atoms with Gasteiger partial charge in [-0.1, -0.05) is 13.8 Å². The summed E-state index contributed by atoms with van der Waals surface area (Å²) in [6, 6.07) is 0. The monoisotopic (exact) mass is 430 g/mol. The molecule has 0 aromatic heterocycles. The topological polar surface area (TPSA) is 86.7 Å². The van der Waals surface area contributed by atoms with Crippen LogP contribution in [0.15, 0.2) is 0 Å². The number of ketones is 1. The first-order valence-electron chi connectivity index (χ1n) is 12.0. The third kappa shape index (κ3) is 3.03. The first kappa shape index (κ1) is 21.1. The molecular weight excluding hydrogens is 396 g/mol. The predicted molar refractivity (Wildman–Crippen MR) is 110 cm³/mol. The molecule has 6 nitrogen and oxygen atoms in total. The largest absolute Gasteiger partial charge is 0.459 e. The smallest absolute Gasteiger partial charge is 0.317 e. The van der Waals surface area contributed by atoms with Gasteiger partial charge in [-0.25, -0.2) is 0 Å². The van der Waals surface area contributed by atoms with Crippen LogP contribution in [0.2, 0.25) is 0 Å². The molecule has 31 heavy (non-hydrogen) atoms. The van der Waals surface area contributed by atoms with E-state index in [4.69, 9.17) is 9.47 Å². The molecule has 5 aliphatic rings. The Morgan fingerprint density at radius 3 is 2.29 bits per heavy atom. The Morgan fingerprint density at radius 1 is 0.968 bits per heavy atom. The molecule has 4 saturated carbocycles. The van der Waals surface area contributed by atoms with Crippen LogP contribution < -0.4 is 0 Å². The van der Waals surface area contributed by atoms with Crippen LogP contribution in [0.25, 0.3) is 0 Å². The number of esters is 3. The minimum atomic E-state index is -0.778. The third-order valence-corrected chi connectivity index (χ3v) is 9.59. The van der Waals surface area contributed by atoms with Gasteiger partial charge in [-0.3, -0.25) is 19.2 Å². The van der Waals surface area contributed by atoms with E-state index in [2.05, 4.69) is 6.92 Å². The predicted octanol–water partition coefficient (Wildman–Crippen LogP) is 3.41. The lowest BCUT2D eigenvalue weighted by molar-refractivity contribution is -0.167. The number of cyclic esters (lactones) is 2. The van der Waals surface area contributed by atoms with E-state index in [1.54, 1.807) is 0 Å². The highest BCUT2D eigenvalue weighted by molar-refractivity contribution is 5.96. The summed E-state index contributed by atoms with van der Waals surface area (Å²) >= 11 is 0. The number of Topliss-reactive ketones (excluding diaryl/α,β-unsaturated/α-hetero) is 1. The van der Waals surface area contributed by atoms with Crippen molar-refractivity contribution in [2.45, 2.75) is 65.9 Å². The molecule has 1 saturated heterocycles. The number of fused-ring (bicyclic) bond motifs is 9. The number of rotatable bonds is 5. The lowest BCUT2D eigenvalue weighted by Crippen LogP contribution is -2.46. The molecule has 0 aromatic rings. The second kappa shape index (κ2) is 6.89. The maximum Gasteiger partial charge on any atom is 0.317 e. The average molecular weight is 431 g/mol. The highest BCUT2D eigenvalue weighted by Gasteiger charge is 2.70. The zero-order valence-electron chi connectivity index (χ0n) is 19.1. The van der Waals surface area contributed by atoms with E-state index in [1.807, 2.05) is 20.8 Å². The van der Waals surface area contributed by atoms with Crippen LogP contribution in [0.3, 0.4) is 0 Å². The fourth-order valence-corrected chi connectivity index (χ4v) is 8.92. The molecule has 5 fully saturated rings. The molecule has 0 radical (unpaired) electrons. The Labute approximate surface area is 183 Å². The van der Waals surface area contributed by atoms with Crippen molar-refractivity contribution in [3.05, 3.63) is 0 Å². The van der Waals surface area contributed by atoms with Crippen LogP contribution in [0, 0.1) is 65.1 Å². The first-order valence-corrected chi connectivity index (χ1v) is 12.0. The average Bonchev–Trinajstić information content (AvgIpc) is 3.41. The van der Waals surface area contributed by atoms with Crippen molar-refractivity contribution in [2.75, 3.05) is 0 Å². The van der Waals surface area contributed by atoms with Crippen molar-refractivity contribution in [1.29, 1.82) is 0 Å². The van der Waals surface area contributed by atoms with E-state index < -0.39 is 5.60 Å². The Kier molecular flexibility index (Phi) is 4.70. The summed E-state index contributed by atoms with van der Waals surface area (Å²) in [6.45, 7) is 9.22. The van der Waals surface area contributed by atoms with E-state index >= 15 is 0 Å². The minimum Gasteiger partial charge on any atom is -0.459 e. The summed E-state index contributed by atoms with van der Waals surface area (Å²) in [4.78, 5) is 49.2. The summed E-state index contributed by atoms with van der Waals surface area (Å²) in [5.74, 6) is 1.78. The van der Waals surface area contributed by atoms with Crippen molar-refractivity contribution < 1.29 is 28.7 Å². The summed E-state index contributed by atoms with van der Waals surface area (Å²) in [6.07, 6.45) is 3.29. The second-order valence-electron chi connectivity index (χ2n) is 11.8. The van der Waals surface area contributed by atoms with E-state index in [0.717, 1.165) is 19.3 Å². The maximum atomic E-state index is 13.1. The molecular formula is C25H34O6. The molecule has 0 N–H and O–H groups in total. The van der Waals surface area contributed by atoms with Crippen molar-refractivity contribution in [1.82, 2.24) is 0 Å².